The van der Waals surface area contributed by atoms with Crippen molar-refractivity contribution in [3.8, 4) is 5.75 Å². The number of aromatic hydroxyl groups is 1. The molecule has 12 heteroatoms. The lowest BCUT2D eigenvalue weighted by Gasteiger charge is -2.30. The molecule has 4 unspecified atom stereocenters. The lowest BCUT2D eigenvalue weighted by molar-refractivity contribution is -0.145. The third-order valence-electron chi connectivity index (χ3n) is 5.54. The minimum absolute atomic E-state index is 0.0480. The molecule has 4 amide bonds. The number of phenols is 1. The summed E-state index contributed by atoms with van der Waals surface area (Å²) in [5, 5.41) is 23.8. The number of hydrogen-bond donors (Lipinski definition) is 6. The smallest absolute Gasteiger partial charge is 0.326 e. The molecular formula is C22H31N5O7. The highest BCUT2D eigenvalue weighted by Gasteiger charge is 2.39. The third kappa shape index (κ3) is 7.44. The molecule has 12 nitrogen and oxygen atoms in total. The van der Waals surface area contributed by atoms with Crippen LogP contribution in [0.5, 0.6) is 5.75 Å². The number of nitrogens with two attached hydrogens (primary N) is 2. The molecular weight excluding hydrogens is 446 g/mol. The van der Waals surface area contributed by atoms with E-state index < -0.39 is 53.8 Å². The molecule has 186 valence electrons. The van der Waals surface area contributed by atoms with Gasteiger partial charge in [0.25, 0.3) is 0 Å². The van der Waals surface area contributed by atoms with Gasteiger partial charge in [0.1, 0.15) is 23.9 Å². The van der Waals surface area contributed by atoms with E-state index in [-0.39, 0.29) is 31.6 Å². The zero-order valence-electron chi connectivity index (χ0n) is 18.9. The molecule has 8 N–H and O–H groups in total. The maximum Gasteiger partial charge on any atom is 0.326 e. The highest BCUT2D eigenvalue weighted by molar-refractivity contribution is 5.94. The van der Waals surface area contributed by atoms with Crippen LogP contribution in [0.2, 0.25) is 0 Å². The zero-order chi connectivity index (χ0) is 25.4. The van der Waals surface area contributed by atoms with E-state index in [0.717, 1.165) is 0 Å². The van der Waals surface area contributed by atoms with Crippen LogP contribution < -0.4 is 22.1 Å². The van der Waals surface area contributed by atoms with Gasteiger partial charge in [0.2, 0.25) is 23.6 Å². The summed E-state index contributed by atoms with van der Waals surface area (Å²) in [6, 6.07) is 1.97. The van der Waals surface area contributed by atoms with Crippen LogP contribution in [0.3, 0.4) is 0 Å². The fourth-order valence-corrected chi connectivity index (χ4v) is 3.69. The average Bonchev–Trinajstić information content (AvgIpc) is 3.26. The monoisotopic (exact) mass is 477 g/mol. The van der Waals surface area contributed by atoms with Crippen molar-refractivity contribution in [2.45, 2.75) is 63.2 Å². The number of aliphatic carboxylic acids is 1. The number of carboxylic acid groups (broad SMARTS) is 1. The molecule has 0 aliphatic carbocycles. The van der Waals surface area contributed by atoms with Crippen molar-refractivity contribution < 1.29 is 34.2 Å². The van der Waals surface area contributed by atoms with E-state index in [1.807, 2.05) is 0 Å². The van der Waals surface area contributed by atoms with E-state index in [4.69, 9.17) is 11.5 Å². The summed E-state index contributed by atoms with van der Waals surface area (Å²) in [6.45, 7) is 1.72. The predicted octanol–water partition coefficient (Wildman–Crippen LogP) is -1.41. The van der Waals surface area contributed by atoms with Crippen LogP contribution >= 0.6 is 0 Å². The molecule has 34 heavy (non-hydrogen) atoms. The van der Waals surface area contributed by atoms with E-state index in [0.29, 0.717) is 18.4 Å². The van der Waals surface area contributed by atoms with Crippen molar-refractivity contribution in [2.24, 2.45) is 11.5 Å². The van der Waals surface area contributed by atoms with Gasteiger partial charge in [0, 0.05) is 19.4 Å². The number of amides is 4. The van der Waals surface area contributed by atoms with Crippen molar-refractivity contribution in [2.75, 3.05) is 6.54 Å². The Balaban J connectivity index is 2.18. The second-order valence-electron chi connectivity index (χ2n) is 8.31. The fraction of sp³-hybridized carbons (Fsp3) is 0.500. The lowest BCUT2D eigenvalue weighted by atomic mass is 10.0. The lowest BCUT2D eigenvalue weighted by Crippen LogP contribution is -2.57. The molecule has 0 saturated carbocycles. The molecule has 1 heterocycles. The highest BCUT2D eigenvalue weighted by Crippen LogP contribution is 2.21. The maximum absolute atomic E-state index is 13.4. The van der Waals surface area contributed by atoms with Crippen molar-refractivity contribution in [1.82, 2.24) is 15.5 Å². The third-order valence-corrected chi connectivity index (χ3v) is 5.54. The van der Waals surface area contributed by atoms with Gasteiger partial charge in [-0.15, -0.1) is 0 Å². The Kier molecular flexibility index (Phi) is 9.36. The number of carbonyl (C=O) groups excluding carboxylic acids is 4. The Morgan fingerprint density at radius 1 is 1.12 bits per heavy atom. The normalized spacial score (nSPS) is 17.9. The van der Waals surface area contributed by atoms with Crippen LogP contribution in [-0.4, -0.2) is 75.4 Å². The summed E-state index contributed by atoms with van der Waals surface area (Å²) in [7, 11) is 0. The minimum Gasteiger partial charge on any atom is -0.508 e. The standard InChI is InChI=1S/C22H31N5O7/c1-12(23)19(30)26-16(11-13-4-6-14(28)7-5-13)21(32)27-10-2-3-17(27)20(31)25-15(22(33)34)8-9-18(24)29/h4-7,12,15-17,28H,2-3,8-11,23H2,1H3,(H2,24,29)(H,25,31)(H,26,30)(H,33,34). The van der Waals surface area contributed by atoms with Gasteiger partial charge >= 0.3 is 5.97 Å². The van der Waals surface area contributed by atoms with E-state index >= 15 is 0 Å². The van der Waals surface area contributed by atoms with Gasteiger partial charge in [-0.05, 0) is 43.9 Å². The van der Waals surface area contributed by atoms with E-state index in [1.165, 1.54) is 24.0 Å². The first-order chi connectivity index (χ1) is 16.0. The molecule has 0 spiro atoms. The Morgan fingerprint density at radius 2 is 1.76 bits per heavy atom. The van der Waals surface area contributed by atoms with Gasteiger partial charge in [-0.2, -0.15) is 0 Å². The summed E-state index contributed by atoms with van der Waals surface area (Å²) >= 11 is 0. The number of phenolic OH excluding ortho intramolecular Hbond substituents is 1. The number of carbonyl (C=O) groups is 5. The quantitative estimate of drug-likeness (QED) is 0.223. The zero-order valence-corrected chi connectivity index (χ0v) is 18.9. The number of nitrogens with zero attached hydrogens (tertiary/aromatic N) is 1. The van der Waals surface area contributed by atoms with Crippen molar-refractivity contribution in [3.05, 3.63) is 29.8 Å². The van der Waals surface area contributed by atoms with Crippen LogP contribution in [0.25, 0.3) is 0 Å². The van der Waals surface area contributed by atoms with Crippen molar-refractivity contribution >= 4 is 29.6 Å². The summed E-state index contributed by atoms with van der Waals surface area (Å²) in [5.41, 5.74) is 11.4. The van der Waals surface area contributed by atoms with E-state index in [9.17, 15) is 34.2 Å². The second-order valence-corrected chi connectivity index (χ2v) is 8.31. The number of benzene rings is 1. The fourth-order valence-electron chi connectivity index (χ4n) is 3.69. The first-order valence-electron chi connectivity index (χ1n) is 11.0. The highest BCUT2D eigenvalue weighted by atomic mass is 16.4. The Morgan fingerprint density at radius 3 is 2.32 bits per heavy atom. The molecule has 2 rings (SSSR count). The number of primary amides is 1. The van der Waals surface area contributed by atoms with E-state index in [1.54, 1.807) is 12.1 Å². The summed E-state index contributed by atoms with van der Waals surface area (Å²) in [4.78, 5) is 62.3. The molecule has 4 atom stereocenters. The van der Waals surface area contributed by atoms with Crippen LogP contribution in [0.4, 0.5) is 0 Å². The molecule has 1 fully saturated rings. The number of likely N-dealkylation sites (tertiary alicyclic amines) is 1. The summed E-state index contributed by atoms with van der Waals surface area (Å²) in [5.74, 6) is -3.69. The number of carboxylic acids is 1. The Bertz CT molecular complexity index is 919. The van der Waals surface area contributed by atoms with Gasteiger partial charge < -0.3 is 37.2 Å². The summed E-state index contributed by atoms with van der Waals surface area (Å²) < 4.78 is 0. The molecule has 0 radical (unpaired) electrons. The topological polar surface area (TPSA) is 205 Å². The largest absolute Gasteiger partial charge is 0.508 e. The van der Waals surface area contributed by atoms with Gasteiger partial charge in [-0.1, -0.05) is 12.1 Å². The molecule has 1 aliphatic rings. The predicted molar refractivity (Wildman–Crippen MR) is 120 cm³/mol. The van der Waals surface area contributed by atoms with Crippen molar-refractivity contribution in [1.29, 1.82) is 0 Å². The minimum atomic E-state index is -1.33. The molecule has 0 bridgehead atoms. The van der Waals surface area contributed by atoms with Crippen LogP contribution in [0, 0.1) is 0 Å². The van der Waals surface area contributed by atoms with Gasteiger partial charge in [-0.3, -0.25) is 19.2 Å². The number of hydrogen-bond acceptors (Lipinski definition) is 7. The van der Waals surface area contributed by atoms with Gasteiger partial charge in [0.15, 0.2) is 0 Å². The maximum atomic E-state index is 13.4. The van der Waals surface area contributed by atoms with Crippen LogP contribution in [0.1, 0.15) is 38.2 Å². The number of nitrogens with one attached hydrogen (secondary N) is 2. The first-order valence-corrected chi connectivity index (χ1v) is 11.0. The van der Waals surface area contributed by atoms with Gasteiger partial charge in [0.05, 0.1) is 6.04 Å². The second kappa shape index (κ2) is 12.0. The molecule has 1 saturated heterocycles. The Hall–Kier alpha value is -3.67. The van der Waals surface area contributed by atoms with Crippen LogP contribution in [-0.2, 0) is 30.4 Å². The van der Waals surface area contributed by atoms with Crippen molar-refractivity contribution in [3.63, 3.8) is 0 Å². The summed E-state index contributed by atoms with van der Waals surface area (Å²) in [6.07, 6.45) is 0.523. The first kappa shape index (κ1) is 26.6. The SMILES string of the molecule is CC(N)C(=O)NC(Cc1ccc(O)cc1)C(=O)N1CCCC1C(=O)NC(CCC(N)=O)C(=O)O. The van der Waals surface area contributed by atoms with E-state index in [2.05, 4.69) is 10.6 Å². The molecule has 0 aromatic heterocycles. The Labute approximate surface area is 196 Å². The van der Waals surface area contributed by atoms with Crippen LogP contribution in [0.15, 0.2) is 24.3 Å². The van der Waals surface area contributed by atoms with Gasteiger partial charge in [-0.25, -0.2) is 4.79 Å². The molecule has 1 aromatic carbocycles. The number of rotatable bonds is 11. The molecule has 1 aliphatic heterocycles. The average molecular weight is 478 g/mol. The molecule has 1 aromatic rings.